The van der Waals surface area contributed by atoms with E-state index >= 15 is 0 Å². The van der Waals surface area contributed by atoms with Crippen molar-refractivity contribution in [1.29, 1.82) is 0 Å². The van der Waals surface area contributed by atoms with Crippen LogP contribution in [0.2, 0.25) is 5.02 Å². The second-order valence-electron chi connectivity index (χ2n) is 5.26. The molecule has 22 heavy (non-hydrogen) atoms. The number of carbonyl (C=O) groups is 2. The van der Waals surface area contributed by atoms with Gasteiger partial charge in [-0.15, -0.1) is 0 Å². The largest absolute Gasteiger partial charge is 0.481 e. The molecule has 0 spiro atoms. The van der Waals surface area contributed by atoms with Crippen LogP contribution in [-0.4, -0.2) is 52.7 Å². The summed E-state index contributed by atoms with van der Waals surface area (Å²) in [6.07, 6.45) is -0.569. The highest BCUT2D eigenvalue weighted by Gasteiger charge is 2.27. The van der Waals surface area contributed by atoms with Crippen molar-refractivity contribution in [3.8, 4) is 0 Å². The molecular formula is C15H15ClN2O4. The highest BCUT2D eigenvalue weighted by Crippen LogP contribution is 2.21. The second kappa shape index (κ2) is 5.98. The fourth-order valence-electron chi connectivity index (χ4n) is 2.61. The number of aromatic amines is 1. The number of nitrogens with zero attached hydrogens (tertiary/aromatic N) is 1. The van der Waals surface area contributed by atoms with Crippen molar-refractivity contribution >= 4 is 34.4 Å². The van der Waals surface area contributed by atoms with Gasteiger partial charge < -0.3 is 19.7 Å². The molecule has 1 aromatic carbocycles. The molecule has 2 heterocycles. The van der Waals surface area contributed by atoms with Crippen molar-refractivity contribution in [2.24, 2.45) is 0 Å². The zero-order chi connectivity index (χ0) is 15.7. The monoisotopic (exact) mass is 322 g/mol. The lowest BCUT2D eigenvalue weighted by Crippen LogP contribution is -2.46. The number of carbonyl (C=O) groups excluding carboxylic acids is 1. The highest BCUT2D eigenvalue weighted by atomic mass is 35.5. The number of hydrogen-bond donors (Lipinski definition) is 2. The number of fused-ring (bicyclic) bond motifs is 1. The van der Waals surface area contributed by atoms with E-state index in [1.807, 2.05) is 6.07 Å². The first-order valence-corrected chi connectivity index (χ1v) is 7.31. The maximum Gasteiger partial charge on any atom is 0.306 e. The van der Waals surface area contributed by atoms with E-state index in [1.165, 1.54) is 0 Å². The van der Waals surface area contributed by atoms with E-state index in [0.717, 1.165) is 10.9 Å². The van der Waals surface area contributed by atoms with Gasteiger partial charge >= 0.3 is 5.97 Å². The van der Waals surface area contributed by atoms with Crippen LogP contribution in [0.3, 0.4) is 0 Å². The van der Waals surface area contributed by atoms with Gasteiger partial charge in [0.25, 0.3) is 5.91 Å². The van der Waals surface area contributed by atoms with Crippen LogP contribution in [0.4, 0.5) is 0 Å². The van der Waals surface area contributed by atoms with Crippen molar-refractivity contribution in [2.75, 3.05) is 19.7 Å². The van der Waals surface area contributed by atoms with Crippen molar-refractivity contribution < 1.29 is 19.4 Å². The molecule has 3 rings (SSSR count). The normalized spacial score (nSPS) is 18.6. The zero-order valence-corrected chi connectivity index (χ0v) is 12.5. The smallest absolute Gasteiger partial charge is 0.306 e. The number of morpholine rings is 1. The molecule has 2 N–H and O–H groups in total. The van der Waals surface area contributed by atoms with Crippen molar-refractivity contribution in [1.82, 2.24) is 9.88 Å². The van der Waals surface area contributed by atoms with Crippen LogP contribution >= 0.6 is 11.6 Å². The lowest BCUT2D eigenvalue weighted by molar-refractivity contribution is -0.141. The van der Waals surface area contributed by atoms with E-state index in [1.54, 1.807) is 23.1 Å². The van der Waals surface area contributed by atoms with Gasteiger partial charge in [-0.3, -0.25) is 9.59 Å². The number of aliphatic carboxylic acids is 1. The molecule has 0 bridgehead atoms. The summed E-state index contributed by atoms with van der Waals surface area (Å²) in [6, 6.07) is 7.12. The Bertz CT molecular complexity index is 727. The molecular weight excluding hydrogens is 308 g/mol. The molecule has 2 aromatic rings. The van der Waals surface area contributed by atoms with Crippen LogP contribution < -0.4 is 0 Å². The Morgan fingerprint density at radius 3 is 3.00 bits per heavy atom. The number of ether oxygens (including phenoxy) is 1. The average molecular weight is 323 g/mol. The fraction of sp³-hybridized carbons (Fsp3) is 0.333. The summed E-state index contributed by atoms with van der Waals surface area (Å²) < 4.78 is 5.38. The van der Waals surface area contributed by atoms with E-state index in [9.17, 15) is 9.59 Å². The molecule has 1 aromatic heterocycles. The third kappa shape index (κ3) is 3.08. The first-order chi connectivity index (χ1) is 10.5. The Morgan fingerprint density at radius 1 is 1.41 bits per heavy atom. The van der Waals surface area contributed by atoms with Crippen LogP contribution in [0.5, 0.6) is 0 Å². The van der Waals surface area contributed by atoms with Crippen molar-refractivity contribution in [2.45, 2.75) is 12.5 Å². The number of halogens is 1. The lowest BCUT2D eigenvalue weighted by Gasteiger charge is -2.32. The number of carboxylic acids is 1. The van der Waals surface area contributed by atoms with Crippen LogP contribution in [-0.2, 0) is 9.53 Å². The Hall–Kier alpha value is -2.05. The molecule has 1 saturated heterocycles. The van der Waals surface area contributed by atoms with Crippen molar-refractivity contribution in [3.63, 3.8) is 0 Å². The van der Waals surface area contributed by atoms with Crippen LogP contribution in [0.15, 0.2) is 24.3 Å². The van der Waals surface area contributed by atoms with E-state index in [2.05, 4.69) is 4.98 Å². The SMILES string of the molecule is O=C(O)CC1CN(C(=O)c2cc3cc(Cl)ccc3[nH]2)CCO1. The first kappa shape index (κ1) is 14.9. The summed E-state index contributed by atoms with van der Waals surface area (Å²) in [4.78, 5) is 28.0. The highest BCUT2D eigenvalue weighted by molar-refractivity contribution is 6.31. The predicted molar refractivity (Wildman–Crippen MR) is 81.2 cm³/mol. The first-order valence-electron chi connectivity index (χ1n) is 6.94. The number of benzene rings is 1. The third-order valence-corrected chi connectivity index (χ3v) is 3.88. The summed E-state index contributed by atoms with van der Waals surface area (Å²) in [5.41, 5.74) is 1.30. The Labute approximate surface area is 131 Å². The number of nitrogens with one attached hydrogen (secondary N) is 1. The van der Waals surface area contributed by atoms with Gasteiger partial charge in [0.2, 0.25) is 0 Å². The van der Waals surface area contributed by atoms with E-state index in [-0.39, 0.29) is 18.9 Å². The number of hydrogen-bond acceptors (Lipinski definition) is 3. The van der Waals surface area contributed by atoms with Crippen molar-refractivity contribution in [3.05, 3.63) is 35.0 Å². The summed E-state index contributed by atoms with van der Waals surface area (Å²) in [5.74, 6) is -1.09. The van der Waals surface area contributed by atoms with E-state index < -0.39 is 12.1 Å². The van der Waals surface area contributed by atoms with Gasteiger partial charge in [-0.25, -0.2) is 0 Å². The molecule has 0 aliphatic carbocycles. The maximum atomic E-state index is 12.5. The van der Waals surface area contributed by atoms with Gasteiger partial charge in [0.1, 0.15) is 5.69 Å². The number of H-pyrrole nitrogens is 1. The predicted octanol–water partition coefficient (Wildman–Crippen LogP) is 2.14. The minimum Gasteiger partial charge on any atom is -0.481 e. The summed E-state index contributed by atoms with van der Waals surface area (Å²) in [7, 11) is 0. The van der Waals surface area contributed by atoms with Gasteiger partial charge in [0, 0.05) is 29.0 Å². The molecule has 1 unspecified atom stereocenters. The van der Waals surface area contributed by atoms with Crippen LogP contribution in [0, 0.1) is 0 Å². The lowest BCUT2D eigenvalue weighted by atomic mass is 10.2. The molecule has 116 valence electrons. The second-order valence-corrected chi connectivity index (χ2v) is 5.69. The molecule has 1 amide bonds. The molecule has 1 aliphatic rings. The third-order valence-electron chi connectivity index (χ3n) is 3.64. The quantitative estimate of drug-likeness (QED) is 0.907. The Morgan fingerprint density at radius 2 is 2.23 bits per heavy atom. The molecule has 0 saturated carbocycles. The van der Waals surface area contributed by atoms with Crippen LogP contribution in [0.1, 0.15) is 16.9 Å². The number of aromatic nitrogens is 1. The summed E-state index contributed by atoms with van der Waals surface area (Å²) in [6.45, 7) is 1.07. The number of rotatable bonds is 3. The van der Waals surface area contributed by atoms with E-state index in [0.29, 0.717) is 23.9 Å². The minimum absolute atomic E-state index is 0.105. The standard InChI is InChI=1S/C15H15ClN2O4/c16-10-1-2-12-9(5-10)6-13(17-12)15(21)18-3-4-22-11(8-18)7-14(19)20/h1-2,5-6,11,17H,3-4,7-8H2,(H,19,20). The Kier molecular flexibility index (Phi) is 4.04. The molecule has 0 radical (unpaired) electrons. The molecule has 1 fully saturated rings. The number of carboxylic acid groups (broad SMARTS) is 1. The zero-order valence-electron chi connectivity index (χ0n) is 11.7. The number of amides is 1. The average Bonchev–Trinajstić information content (AvgIpc) is 2.89. The van der Waals surface area contributed by atoms with Crippen LogP contribution in [0.25, 0.3) is 10.9 Å². The molecule has 6 nitrogen and oxygen atoms in total. The fourth-order valence-corrected chi connectivity index (χ4v) is 2.79. The molecule has 1 aliphatic heterocycles. The van der Waals surface area contributed by atoms with Gasteiger partial charge in [-0.1, -0.05) is 11.6 Å². The van der Waals surface area contributed by atoms with Gasteiger partial charge in [-0.2, -0.15) is 0 Å². The summed E-state index contributed by atoms with van der Waals surface area (Å²) >= 11 is 5.94. The van der Waals surface area contributed by atoms with Gasteiger partial charge in [0.15, 0.2) is 0 Å². The molecule has 1 atom stereocenters. The van der Waals surface area contributed by atoms with Gasteiger partial charge in [-0.05, 0) is 24.3 Å². The summed E-state index contributed by atoms with van der Waals surface area (Å²) in [5, 5.41) is 10.3. The molecule has 7 heteroatoms. The minimum atomic E-state index is -0.931. The Balaban J connectivity index is 1.78. The topological polar surface area (TPSA) is 82.6 Å². The van der Waals surface area contributed by atoms with E-state index in [4.69, 9.17) is 21.4 Å². The van der Waals surface area contributed by atoms with Gasteiger partial charge in [0.05, 0.1) is 19.1 Å². The maximum absolute atomic E-state index is 12.5.